The molecule has 1 aliphatic rings. The Bertz CT molecular complexity index is 386. The zero-order valence-electron chi connectivity index (χ0n) is 11.8. The molecule has 2 nitrogen and oxygen atoms in total. The zero-order chi connectivity index (χ0) is 13.2. The molecular weight excluding hydrogens is 222 g/mol. The van der Waals surface area contributed by atoms with E-state index in [0.29, 0.717) is 0 Å². The highest BCUT2D eigenvalue weighted by molar-refractivity contribution is 5.28. The van der Waals surface area contributed by atoms with Crippen LogP contribution in [0.1, 0.15) is 44.7 Å². The van der Waals surface area contributed by atoms with Gasteiger partial charge in [0.05, 0.1) is 6.10 Å². The number of aliphatic hydroxyl groups is 1. The molecule has 1 fully saturated rings. The molecule has 1 aromatic rings. The van der Waals surface area contributed by atoms with Crippen molar-refractivity contribution < 1.29 is 5.11 Å². The highest BCUT2D eigenvalue weighted by atomic mass is 16.3. The lowest BCUT2D eigenvalue weighted by Crippen LogP contribution is -2.35. The molecule has 0 aliphatic carbocycles. The Kier molecular flexibility index (Phi) is 4.08. The van der Waals surface area contributed by atoms with Crippen molar-refractivity contribution in [3.05, 3.63) is 35.4 Å². The fourth-order valence-corrected chi connectivity index (χ4v) is 2.47. The zero-order valence-corrected chi connectivity index (χ0v) is 11.8. The Morgan fingerprint density at radius 1 is 1.22 bits per heavy atom. The minimum atomic E-state index is -0.0813. The van der Waals surface area contributed by atoms with Gasteiger partial charge in [-0.1, -0.05) is 45.0 Å². The third-order valence-electron chi connectivity index (χ3n) is 3.76. The molecule has 1 saturated heterocycles. The monoisotopic (exact) mass is 247 g/mol. The van der Waals surface area contributed by atoms with E-state index in [4.69, 9.17) is 0 Å². The van der Waals surface area contributed by atoms with Crippen molar-refractivity contribution in [3.63, 3.8) is 0 Å². The molecule has 0 unspecified atom stereocenters. The highest BCUT2D eigenvalue weighted by Gasteiger charge is 2.18. The number of piperidine rings is 1. The van der Waals surface area contributed by atoms with Gasteiger partial charge >= 0.3 is 0 Å². The van der Waals surface area contributed by atoms with Crippen molar-refractivity contribution in [2.45, 2.75) is 51.7 Å². The summed E-state index contributed by atoms with van der Waals surface area (Å²) in [5.74, 6) is 0. The minimum absolute atomic E-state index is 0.0813. The number of rotatable bonds is 2. The first-order valence-corrected chi connectivity index (χ1v) is 6.95. The smallest absolute Gasteiger partial charge is 0.0564 e. The molecule has 18 heavy (non-hydrogen) atoms. The second kappa shape index (κ2) is 5.41. The minimum Gasteiger partial charge on any atom is -0.393 e. The first kappa shape index (κ1) is 13.6. The van der Waals surface area contributed by atoms with Gasteiger partial charge < -0.3 is 5.11 Å². The van der Waals surface area contributed by atoms with Gasteiger partial charge in [0.2, 0.25) is 0 Å². The van der Waals surface area contributed by atoms with E-state index in [9.17, 15) is 5.11 Å². The number of aliphatic hydroxyl groups excluding tert-OH is 1. The van der Waals surface area contributed by atoms with Crippen LogP contribution in [0.3, 0.4) is 0 Å². The van der Waals surface area contributed by atoms with Gasteiger partial charge in [0, 0.05) is 19.6 Å². The number of hydrogen-bond acceptors (Lipinski definition) is 2. The van der Waals surface area contributed by atoms with Crippen LogP contribution in [0, 0.1) is 0 Å². The largest absolute Gasteiger partial charge is 0.393 e. The Balaban J connectivity index is 2.01. The van der Waals surface area contributed by atoms with Crippen molar-refractivity contribution >= 4 is 0 Å². The van der Waals surface area contributed by atoms with Gasteiger partial charge in [0.15, 0.2) is 0 Å². The van der Waals surface area contributed by atoms with Gasteiger partial charge in [-0.15, -0.1) is 0 Å². The van der Waals surface area contributed by atoms with E-state index in [1.165, 1.54) is 11.1 Å². The average Bonchev–Trinajstić information content (AvgIpc) is 2.31. The van der Waals surface area contributed by atoms with Crippen molar-refractivity contribution in [2.75, 3.05) is 13.1 Å². The first-order chi connectivity index (χ1) is 8.45. The molecule has 0 atom stereocenters. The maximum absolute atomic E-state index is 9.52. The highest BCUT2D eigenvalue weighted by Crippen LogP contribution is 2.23. The lowest BCUT2D eigenvalue weighted by molar-refractivity contribution is 0.0792. The lowest BCUT2D eigenvalue weighted by atomic mass is 9.86. The number of hydrogen-bond donors (Lipinski definition) is 1. The normalized spacial score (nSPS) is 19.1. The van der Waals surface area contributed by atoms with E-state index in [-0.39, 0.29) is 11.5 Å². The van der Waals surface area contributed by atoms with Crippen LogP contribution in [-0.2, 0) is 12.0 Å². The molecule has 0 bridgehead atoms. The van der Waals surface area contributed by atoms with Gasteiger partial charge in [-0.3, -0.25) is 4.90 Å². The first-order valence-electron chi connectivity index (χ1n) is 6.95. The fourth-order valence-electron chi connectivity index (χ4n) is 2.47. The summed E-state index contributed by atoms with van der Waals surface area (Å²) in [6.45, 7) is 9.80. The SMILES string of the molecule is CC(C)(C)c1cccc(CN2CCC(O)CC2)c1. The lowest BCUT2D eigenvalue weighted by Gasteiger charge is -2.30. The van der Waals surface area contributed by atoms with Crippen LogP contribution >= 0.6 is 0 Å². The van der Waals surface area contributed by atoms with Crippen molar-refractivity contribution in [1.82, 2.24) is 4.90 Å². The second-order valence-electron chi connectivity index (χ2n) is 6.46. The third kappa shape index (κ3) is 3.56. The molecule has 0 radical (unpaired) electrons. The summed E-state index contributed by atoms with van der Waals surface area (Å²) in [6, 6.07) is 8.91. The maximum atomic E-state index is 9.52. The molecule has 0 aromatic heterocycles. The standard InChI is InChI=1S/C16H25NO/c1-16(2,3)14-6-4-5-13(11-14)12-17-9-7-15(18)8-10-17/h4-6,11,15,18H,7-10,12H2,1-3H3. The summed E-state index contributed by atoms with van der Waals surface area (Å²) in [6.07, 6.45) is 1.75. The molecule has 0 spiro atoms. The summed E-state index contributed by atoms with van der Waals surface area (Å²) < 4.78 is 0. The van der Waals surface area contributed by atoms with Crippen LogP contribution in [-0.4, -0.2) is 29.2 Å². The Labute approximate surface area is 111 Å². The Morgan fingerprint density at radius 2 is 1.89 bits per heavy atom. The van der Waals surface area contributed by atoms with Gasteiger partial charge in [-0.25, -0.2) is 0 Å². The Morgan fingerprint density at radius 3 is 2.50 bits per heavy atom. The van der Waals surface area contributed by atoms with Gasteiger partial charge in [-0.05, 0) is 29.4 Å². The van der Waals surface area contributed by atoms with Gasteiger partial charge in [0.1, 0.15) is 0 Å². The molecule has 0 amide bonds. The van der Waals surface area contributed by atoms with E-state index in [0.717, 1.165) is 32.5 Å². The van der Waals surface area contributed by atoms with Crippen LogP contribution in [0.4, 0.5) is 0 Å². The average molecular weight is 247 g/mol. The van der Waals surface area contributed by atoms with E-state index in [1.807, 2.05) is 0 Å². The molecule has 2 rings (SSSR count). The molecule has 1 N–H and O–H groups in total. The Hall–Kier alpha value is -0.860. The quantitative estimate of drug-likeness (QED) is 0.868. The van der Waals surface area contributed by atoms with E-state index >= 15 is 0 Å². The van der Waals surface area contributed by atoms with E-state index < -0.39 is 0 Å². The van der Waals surface area contributed by atoms with Crippen LogP contribution in [0.25, 0.3) is 0 Å². The van der Waals surface area contributed by atoms with Gasteiger partial charge in [-0.2, -0.15) is 0 Å². The molecule has 2 heteroatoms. The molecular formula is C16H25NO. The van der Waals surface area contributed by atoms with E-state index in [1.54, 1.807) is 0 Å². The van der Waals surface area contributed by atoms with Crippen LogP contribution in [0.2, 0.25) is 0 Å². The van der Waals surface area contributed by atoms with Crippen LogP contribution in [0.15, 0.2) is 24.3 Å². The summed E-state index contributed by atoms with van der Waals surface area (Å²) >= 11 is 0. The van der Waals surface area contributed by atoms with E-state index in [2.05, 4.69) is 49.9 Å². The van der Waals surface area contributed by atoms with Crippen LogP contribution < -0.4 is 0 Å². The van der Waals surface area contributed by atoms with Gasteiger partial charge in [0.25, 0.3) is 0 Å². The molecule has 0 saturated carbocycles. The number of likely N-dealkylation sites (tertiary alicyclic amines) is 1. The predicted molar refractivity (Wildman–Crippen MR) is 75.7 cm³/mol. The maximum Gasteiger partial charge on any atom is 0.0564 e. The summed E-state index contributed by atoms with van der Waals surface area (Å²) in [5.41, 5.74) is 3.00. The summed E-state index contributed by atoms with van der Waals surface area (Å²) in [5, 5.41) is 9.52. The summed E-state index contributed by atoms with van der Waals surface area (Å²) in [4.78, 5) is 2.44. The number of nitrogens with zero attached hydrogens (tertiary/aromatic N) is 1. The van der Waals surface area contributed by atoms with Crippen LogP contribution in [0.5, 0.6) is 0 Å². The van der Waals surface area contributed by atoms with Crippen molar-refractivity contribution in [1.29, 1.82) is 0 Å². The molecule has 100 valence electrons. The molecule has 1 aliphatic heterocycles. The third-order valence-corrected chi connectivity index (χ3v) is 3.76. The van der Waals surface area contributed by atoms with Crippen molar-refractivity contribution in [3.8, 4) is 0 Å². The summed E-state index contributed by atoms with van der Waals surface area (Å²) in [7, 11) is 0. The molecule has 1 aromatic carbocycles. The second-order valence-corrected chi connectivity index (χ2v) is 6.46. The fraction of sp³-hybridized carbons (Fsp3) is 0.625. The van der Waals surface area contributed by atoms with Crippen molar-refractivity contribution in [2.24, 2.45) is 0 Å². The number of benzene rings is 1. The topological polar surface area (TPSA) is 23.5 Å². The molecule has 1 heterocycles. The predicted octanol–water partition coefficient (Wildman–Crippen LogP) is 2.94.